The topological polar surface area (TPSA) is 59.0 Å². The Hall–Kier alpha value is -1.11. The largest absolute Gasteiger partial charge is 0.444 e. The summed E-state index contributed by atoms with van der Waals surface area (Å²) in [6.45, 7) is 7.67. The Kier molecular flexibility index (Phi) is 6.21. The van der Waals surface area contributed by atoms with E-state index < -0.39 is 11.2 Å². The van der Waals surface area contributed by atoms with Crippen LogP contribution in [0, 0.1) is 11.3 Å². The van der Waals surface area contributed by atoms with Crippen molar-refractivity contribution in [2.24, 2.45) is 11.3 Å². The third-order valence-electron chi connectivity index (χ3n) is 7.31. The van der Waals surface area contributed by atoms with E-state index in [9.17, 15) is 9.90 Å². The molecule has 2 aliphatic carbocycles. The van der Waals surface area contributed by atoms with Crippen molar-refractivity contribution < 1.29 is 19.4 Å². The minimum Gasteiger partial charge on any atom is -0.444 e. The van der Waals surface area contributed by atoms with Crippen LogP contribution in [-0.4, -0.2) is 47.5 Å². The van der Waals surface area contributed by atoms with E-state index in [2.05, 4.69) is 6.07 Å². The van der Waals surface area contributed by atoms with Gasteiger partial charge in [0.1, 0.15) is 11.2 Å². The average Bonchev–Trinajstić information content (AvgIpc) is 3.37. The van der Waals surface area contributed by atoms with Crippen molar-refractivity contribution in [2.45, 2.75) is 89.4 Å². The number of carbonyl (C=O) groups is 1. The van der Waals surface area contributed by atoms with E-state index in [-0.39, 0.29) is 12.2 Å². The molecule has 30 heavy (non-hydrogen) atoms. The van der Waals surface area contributed by atoms with Crippen LogP contribution >= 0.6 is 11.3 Å². The van der Waals surface area contributed by atoms with E-state index in [1.807, 2.05) is 37.1 Å². The van der Waals surface area contributed by atoms with Crippen molar-refractivity contribution in [3.8, 4) is 0 Å². The highest BCUT2D eigenvalue weighted by Gasteiger charge is 2.49. The average molecular weight is 436 g/mol. The van der Waals surface area contributed by atoms with Crippen LogP contribution in [0.15, 0.2) is 17.5 Å². The predicted molar refractivity (Wildman–Crippen MR) is 119 cm³/mol. The Bertz CT molecular complexity index is 706. The van der Waals surface area contributed by atoms with Crippen molar-refractivity contribution in [3.05, 3.63) is 22.4 Å². The van der Waals surface area contributed by atoms with Crippen LogP contribution in [0.3, 0.4) is 0 Å². The van der Waals surface area contributed by atoms with Gasteiger partial charge >= 0.3 is 6.09 Å². The molecule has 4 rings (SSSR count). The van der Waals surface area contributed by atoms with Crippen LogP contribution in [0.4, 0.5) is 4.79 Å². The normalized spacial score (nSPS) is 24.6. The van der Waals surface area contributed by atoms with Gasteiger partial charge in [-0.3, -0.25) is 0 Å². The number of piperidine rings is 1. The molecule has 1 aliphatic heterocycles. The van der Waals surface area contributed by atoms with Crippen LogP contribution in [0.5, 0.6) is 0 Å². The Labute approximate surface area is 184 Å². The molecular weight excluding hydrogens is 398 g/mol. The number of ether oxygens (including phenoxy) is 2. The molecule has 3 fully saturated rings. The number of nitrogens with zero attached hydrogens (tertiary/aromatic N) is 1. The van der Waals surface area contributed by atoms with Crippen molar-refractivity contribution in [3.63, 3.8) is 0 Å². The van der Waals surface area contributed by atoms with Crippen molar-refractivity contribution in [2.75, 3.05) is 19.7 Å². The second-order valence-electron chi connectivity index (χ2n) is 10.7. The summed E-state index contributed by atoms with van der Waals surface area (Å²) in [6.07, 6.45) is 8.75. The molecule has 6 heteroatoms. The lowest BCUT2D eigenvalue weighted by Crippen LogP contribution is -2.52. The van der Waals surface area contributed by atoms with Gasteiger partial charge in [0.2, 0.25) is 0 Å². The van der Waals surface area contributed by atoms with Gasteiger partial charge in [-0.05, 0) is 82.1 Å². The van der Waals surface area contributed by atoms with Crippen LogP contribution in [-0.2, 0) is 15.1 Å². The smallest absolute Gasteiger partial charge is 0.410 e. The first-order valence-corrected chi connectivity index (χ1v) is 12.4. The van der Waals surface area contributed by atoms with Gasteiger partial charge in [-0.1, -0.05) is 18.9 Å². The second-order valence-corrected chi connectivity index (χ2v) is 11.6. The lowest BCUT2D eigenvalue weighted by atomic mass is 9.61. The SMILES string of the molecule is CC(C)(C)OC(=O)N1CCC2(CC1)CC(OCC(O)(c1cccs1)C1CCCC1)C2. The summed E-state index contributed by atoms with van der Waals surface area (Å²) in [7, 11) is 0. The summed E-state index contributed by atoms with van der Waals surface area (Å²) in [5.41, 5.74) is -0.981. The second kappa shape index (κ2) is 8.44. The third-order valence-corrected chi connectivity index (χ3v) is 8.35. The molecular formula is C24H37NO4S. The van der Waals surface area contributed by atoms with E-state index in [1.165, 1.54) is 12.8 Å². The molecule has 0 bridgehead atoms. The highest BCUT2D eigenvalue weighted by molar-refractivity contribution is 7.10. The van der Waals surface area contributed by atoms with E-state index in [4.69, 9.17) is 9.47 Å². The molecule has 1 aromatic rings. The van der Waals surface area contributed by atoms with Gasteiger partial charge in [-0.2, -0.15) is 0 Å². The molecule has 1 unspecified atom stereocenters. The van der Waals surface area contributed by atoms with Gasteiger partial charge < -0.3 is 19.5 Å². The Morgan fingerprint density at radius 3 is 2.47 bits per heavy atom. The molecule has 0 radical (unpaired) electrons. The number of carbonyl (C=O) groups excluding carboxylic acids is 1. The zero-order chi connectivity index (χ0) is 21.4. The van der Waals surface area contributed by atoms with E-state index in [0.717, 1.165) is 56.5 Å². The maximum Gasteiger partial charge on any atom is 0.410 e. The van der Waals surface area contributed by atoms with Gasteiger partial charge in [-0.25, -0.2) is 4.79 Å². The zero-order valence-electron chi connectivity index (χ0n) is 18.7. The first kappa shape index (κ1) is 22.1. The fraction of sp³-hybridized carbons (Fsp3) is 0.792. The standard InChI is InChI=1S/C24H37NO4S/c1-22(2,3)29-21(26)25-12-10-23(11-13-25)15-19(16-23)28-17-24(27,18-7-4-5-8-18)20-9-6-14-30-20/h6,9,14,18-19,27H,4-5,7-8,10-13,15-17H2,1-3H3. The zero-order valence-corrected chi connectivity index (χ0v) is 19.5. The number of likely N-dealkylation sites (tertiary alicyclic amines) is 1. The Balaban J connectivity index is 1.26. The van der Waals surface area contributed by atoms with Crippen LogP contribution in [0.1, 0.15) is 77.0 Å². The highest BCUT2D eigenvalue weighted by Crippen LogP contribution is 2.51. The molecule has 2 saturated carbocycles. The molecule has 1 aromatic heterocycles. The summed E-state index contributed by atoms with van der Waals surface area (Å²) in [4.78, 5) is 15.2. The molecule has 1 amide bonds. The molecule has 5 nitrogen and oxygen atoms in total. The van der Waals surface area contributed by atoms with Crippen molar-refractivity contribution in [1.29, 1.82) is 0 Å². The molecule has 1 spiro atoms. The van der Waals surface area contributed by atoms with Crippen molar-refractivity contribution in [1.82, 2.24) is 4.90 Å². The third kappa shape index (κ3) is 4.71. The van der Waals surface area contributed by atoms with Crippen LogP contribution < -0.4 is 0 Å². The first-order valence-electron chi connectivity index (χ1n) is 11.6. The van der Waals surface area contributed by atoms with Gasteiger partial charge in [-0.15, -0.1) is 11.3 Å². The summed E-state index contributed by atoms with van der Waals surface area (Å²) in [6, 6.07) is 4.08. The molecule has 3 aliphatic rings. The van der Waals surface area contributed by atoms with Crippen LogP contribution in [0.25, 0.3) is 0 Å². The molecule has 1 saturated heterocycles. The number of aliphatic hydroxyl groups is 1. The van der Waals surface area contributed by atoms with E-state index >= 15 is 0 Å². The molecule has 1 N–H and O–H groups in total. The molecule has 1 atom stereocenters. The highest BCUT2D eigenvalue weighted by atomic mass is 32.1. The van der Waals surface area contributed by atoms with E-state index in [1.54, 1.807) is 11.3 Å². The minimum absolute atomic E-state index is 0.193. The van der Waals surface area contributed by atoms with Gasteiger partial charge in [0.25, 0.3) is 0 Å². The summed E-state index contributed by atoms with van der Waals surface area (Å²) < 4.78 is 11.8. The monoisotopic (exact) mass is 435 g/mol. The fourth-order valence-electron chi connectivity index (χ4n) is 5.49. The number of hydrogen-bond acceptors (Lipinski definition) is 5. The number of hydrogen-bond donors (Lipinski definition) is 1. The Morgan fingerprint density at radius 2 is 1.90 bits per heavy atom. The molecule has 2 heterocycles. The van der Waals surface area contributed by atoms with E-state index in [0.29, 0.717) is 17.9 Å². The predicted octanol–water partition coefficient (Wildman–Crippen LogP) is 5.32. The maximum absolute atomic E-state index is 12.3. The number of rotatable bonds is 5. The lowest BCUT2D eigenvalue weighted by Gasteiger charge is -2.52. The van der Waals surface area contributed by atoms with Gasteiger partial charge in [0.05, 0.1) is 12.7 Å². The molecule has 0 aromatic carbocycles. The van der Waals surface area contributed by atoms with Crippen LogP contribution in [0.2, 0.25) is 0 Å². The van der Waals surface area contributed by atoms with Crippen molar-refractivity contribution >= 4 is 17.4 Å². The maximum atomic E-state index is 12.3. The number of thiophene rings is 1. The quantitative estimate of drug-likeness (QED) is 0.680. The number of amides is 1. The fourth-order valence-corrected chi connectivity index (χ4v) is 6.38. The molecule has 168 valence electrons. The minimum atomic E-state index is -0.840. The lowest BCUT2D eigenvalue weighted by molar-refractivity contribution is -0.158. The Morgan fingerprint density at radius 1 is 1.23 bits per heavy atom. The first-order chi connectivity index (χ1) is 14.2. The summed E-state index contributed by atoms with van der Waals surface area (Å²) in [5.74, 6) is 0.308. The van der Waals surface area contributed by atoms with Gasteiger partial charge in [0, 0.05) is 18.0 Å². The summed E-state index contributed by atoms with van der Waals surface area (Å²) >= 11 is 1.64. The van der Waals surface area contributed by atoms with Gasteiger partial charge in [0.15, 0.2) is 0 Å². The summed E-state index contributed by atoms with van der Waals surface area (Å²) in [5, 5.41) is 13.6.